The zero-order chi connectivity index (χ0) is 20.5. The second-order valence-corrected chi connectivity index (χ2v) is 9.42. The van der Waals surface area contributed by atoms with Crippen LogP contribution in [-0.2, 0) is 10.0 Å². The van der Waals surface area contributed by atoms with Crippen LogP contribution in [0.5, 0.6) is 0 Å². The summed E-state index contributed by atoms with van der Waals surface area (Å²) in [5.74, 6) is -4.40. The van der Waals surface area contributed by atoms with Gasteiger partial charge in [0.2, 0.25) is 10.0 Å². The van der Waals surface area contributed by atoms with Crippen molar-refractivity contribution in [3.63, 3.8) is 0 Å². The first-order chi connectivity index (χ1) is 13.1. The van der Waals surface area contributed by atoms with Crippen LogP contribution in [0.3, 0.4) is 0 Å². The maximum Gasteiger partial charge on any atom is 0.280 e. The summed E-state index contributed by atoms with van der Waals surface area (Å²) in [6.45, 7) is 3.67. The molecule has 0 aliphatic carbocycles. The average Bonchev–Trinajstić information content (AvgIpc) is 2.68. The fraction of sp³-hybridized carbons (Fsp3) is 0.429. The normalized spacial score (nSPS) is 18.2. The smallest absolute Gasteiger partial charge is 0.280 e. The summed E-state index contributed by atoms with van der Waals surface area (Å²) in [7, 11) is -3.70. The second-order valence-electron chi connectivity index (χ2n) is 7.48. The molecule has 7 heteroatoms. The van der Waals surface area contributed by atoms with E-state index in [2.05, 4.69) is 0 Å². The van der Waals surface area contributed by atoms with E-state index in [-0.39, 0.29) is 36.4 Å². The zero-order valence-electron chi connectivity index (χ0n) is 16.0. The van der Waals surface area contributed by atoms with Gasteiger partial charge in [0.25, 0.3) is 5.92 Å². The maximum atomic E-state index is 14.9. The minimum Gasteiger partial charge on any atom is -0.382 e. The minimum absolute atomic E-state index is 0.000959. The molecule has 0 bridgehead atoms. The van der Waals surface area contributed by atoms with Crippen LogP contribution in [0.4, 0.5) is 8.78 Å². The number of hydrogen-bond acceptors (Lipinski definition) is 3. The molecule has 1 aliphatic rings. The van der Waals surface area contributed by atoms with Crippen molar-refractivity contribution in [2.45, 2.75) is 43.6 Å². The van der Waals surface area contributed by atoms with Crippen LogP contribution in [-0.4, -0.2) is 36.8 Å². The van der Waals surface area contributed by atoms with Gasteiger partial charge in [0.05, 0.1) is 4.90 Å². The Morgan fingerprint density at radius 3 is 2.21 bits per heavy atom. The third kappa shape index (κ3) is 4.11. The Labute approximate surface area is 164 Å². The number of alkyl halides is 2. The van der Waals surface area contributed by atoms with Gasteiger partial charge in [-0.1, -0.05) is 47.5 Å². The van der Waals surface area contributed by atoms with Gasteiger partial charge in [0.15, 0.2) is 0 Å². The number of rotatable bonds is 5. The molecule has 0 radical (unpaired) electrons. The molecule has 0 amide bonds. The van der Waals surface area contributed by atoms with Crippen molar-refractivity contribution in [2.75, 3.05) is 13.1 Å². The standard InChI is InChI=1S/C21H25F2NO3S/c1-15-6-8-19(9-7-15)28(26,27)24-12-10-18(11-13-24)21(22,23)20(25)17-5-3-4-16(2)14-17/h3-9,14,18,20,25H,10-13H2,1-2H3. The number of nitrogens with zero attached hydrogens (tertiary/aromatic N) is 1. The molecule has 1 saturated heterocycles. The fourth-order valence-corrected chi connectivity index (χ4v) is 5.10. The first-order valence-corrected chi connectivity index (χ1v) is 10.8. The Morgan fingerprint density at radius 1 is 1.04 bits per heavy atom. The number of benzene rings is 2. The van der Waals surface area contributed by atoms with Gasteiger partial charge in [-0.25, -0.2) is 17.2 Å². The van der Waals surface area contributed by atoms with E-state index in [1.54, 1.807) is 37.3 Å². The second kappa shape index (κ2) is 7.89. The van der Waals surface area contributed by atoms with Crippen molar-refractivity contribution in [1.82, 2.24) is 4.31 Å². The van der Waals surface area contributed by atoms with Crippen molar-refractivity contribution in [1.29, 1.82) is 0 Å². The van der Waals surface area contributed by atoms with Gasteiger partial charge in [-0.3, -0.25) is 0 Å². The molecule has 1 fully saturated rings. The lowest BCUT2D eigenvalue weighted by Gasteiger charge is -2.37. The van der Waals surface area contributed by atoms with Crippen molar-refractivity contribution in [3.8, 4) is 0 Å². The Hall–Kier alpha value is -1.83. The molecule has 0 aromatic heterocycles. The monoisotopic (exact) mass is 409 g/mol. The van der Waals surface area contributed by atoms with Gasteiger partial charge in [-0.2, -0.15) is 4.31 Å². The quantitative estimate of drug-likeness (QED) is 0.810. The van der Waals surface area contributed by atoms with Crippen LogP contribution in [0.1, 0.15) is 35.6 Å². The van der Waals surface area contributed by atoms with Crippen LogP contribution in [0.25, 0.3) is 0 Å². The fourth-order valence-electron chi connectivity index (χ4n) is 3.63. The van der Waals surface area contributed by atoms with E-state index in [0.717, 1.165) is 11.1 Å². The number of halogens is 2. The summed E-state index contributed by atoms with van der Waals surface area (Å²) in [5.41, 5.74) is 1.92. The highest BCUT2D eigenvalue weighted by atomic mass is 32.2. The van der Waals surface area contributed by atoms with Crippen molar-refractivity contribution in [2.24, 2.45) is 5.92 Å². The van der Waals surface area contributed by atoms with E-state index in [4.69, 9.17) is 0 Å². The Balaban J connectivity index is 1.71. The van der Waals surface area contributed by atoms with Crippen LogP contribution in [0.2, 0.25) is 0 Å². The summed E-state index contributed by atoms with van der Waals surface area (Å²) in [6, 6.07) is 13.0. The molecule has 152 valence electrons. The molecule has 1 N–H and O–H groups in total. The van der Waals surface area contributed by atoms with E-state index >= 15 is 0 Å². The minimum atomic E-state index is -3.70. The molecule has 4 nitrogen and oxygen atoms in total. The van der Waals surface area contributed by atoms with Gasteiger partial charge in [-0.15, -0.1) is 0 Å². The first kappa shape index (κ1) is 20.9. The molecule has 1 heterocycles. The summed E-state index contributed by atoms with van der Waals surface area (Å²) in [4.78, 5) is 0.170. The van der Waals surface area contributed by atoms with E-state index in [1.807, 2.05) is 6.92 Å². The lowest BCUT2D eigenvalue weighted by molar-refractivity contribution is -0.158. The number of piperidine rings is 1. The third-order valence-corrected chi connectivity index (χ3v) is 7.29. The molecule has 2 aromatic carbocycles. The van der Waals surface area contributed by atoms with E-state index in [9.17, 15) is 22.3 Å². The highest BCUT2D eigenvalue weighted by Crippen LogP contribution is 2.43. The highest BCUT2D eigenvalue weighted by Gasteiger charge is 2.48. The van der Waals surface area contributed by atoms with Crippen LogP contribution in [0.15, 0.2) is 53.4 Å². The van der Waals surface area contributed by atoms with Gasteiger partial charge in [0, 0.05) is 19.0 Å². The topological polar surface area (TPSA) is 57.6 Å². The SMILES string of the molecule is Cc1ccc(S(=O)(=O)N2CCC(C(F)(F)C(O)c3cccc(C)c3)CC2)cc1. The molecule has 0 saturated carbocycles. The lowest BCUT2D eigenvalue weighted by Crippen LogP contribution is -2.45. The molecule has 0 spiro atoms. The van der Waals surface area contributed by atoms with Crippen molar-refractivity contribution in [3.05, 3.63) is 65.2 Å². The lowest BCUT2D eigenvalue weighted by atomic mass is 9.85. The molecular formula is C21H25F2NO3S. The molecule has 1 unspecified atom stereocenters. The predicted molar refractivity (Wildman–Crippen MR) is 104 cm³/mol. The third-order valence-electron chi connectivity index (χ3n) is 5.38. The Bertz CT molecular complexity index is 921. The Kier molecular flexibility index (Phi) is 5.89. The predicted octanol–water partition coefficient (Wildman–Crippen LogP) is 4.07. The molecule has 1 aliphatic heterocycles. The van der Waals surface area contributed by atoms with Crippen LogP contribution < -0.4 is 0 Å². The van der Waals surface area contributed by atoms with E-state index in [1.165, 1.54) is 22.5 Å². The molecule has 28 heavy (non-hydrogen) atoms. The number of sulfonamides is 1. The van der Waals surface area contributed by atoms with Gasteiger partial charge >= 0.3 is 0 Å². The molecule has 2 aromatic rings. The summed E-state index contributed by atoms with van der Waals surface area (Å²) >= 11 is 0. The summed E-state index contributed by atoms with van der Waals surface area (Å²) in [6.07, 6.45) is -1.90. The van der Waals surface area contributed by atoms with Gasteiger partial charge in [0.1, 0.15) is 6.10 Å². The van der Waals surface area contributed by atoms with E-state index < -0.39 is 28.0 Å². The van der Waals surface area contributed by atoms with Crippen LogP contribution >= 0.6 is 0 Å². The summed E-state index contributed by atoms with van der Waals surface area (Å²) < 4.78 is 56.5. The van der Waals surface area contributed by atoms with Crippen LogP contribution in [0, 0.1) is 19.8 Å². The Morgan fingerprint density at radius 2 is 1.64 bits per heavy atom. The summed E-state index contributed by atoms with van der Waals surface area (Å²) in [5, 5.41) is 10.3. The molecule has 3 rings (SSSR count). The van der Waals surface area contributed by atoms with E-state index in [0.29, 0.717) is 0 Å². The first-order valence-electron chi connectivity index (χ1n) is 9.31. The van der Waals surface area contributed by atoms with Gasteiger partial charge < -0.3 is 5.11 Å². The number of aryl methyl sites for hydroxylation is 2. The number of aliphatic hydroxyl groups excluding tert-OH is 1. The average molecular weight is 409 g/mol. The molecular weight excluding hydrogens is 384 g/mol. The van der Waals surface area contributed by atoms with Crippen molar-refractivity contribution >= 4 is 10.0 Å². The molecule has 1 atom stereocenters. The van der Waals surface area contributed by atoms with Crippen molar-refractivity contribution < 1.29 is 22.3 Å². The highest BCUT2D eigenvalue weighted by molar-refractivity contribution is 7.89. The van der Waals surface area contributed by atoms with Gasteiger partial charge in [-0.05, 0) is 44.4 Å². The largest absolute Gasteiger partial charge is 0.382 e. The number of aliphatic hydroxyl groups is 1. The number of hydrogen-bond donors (Lipinski definition) is 1. The zero-order valence-corrected chi connectivity index (χ0v) is 16.8. The maximum absolute atomic E-state index is 14.9.